The van der Waals surface area contributed by atoms with Crippen LogP contribution in [0.5, 0.6) is 0 Å². The second-order valence-corrected chi connectivity index (χ2v) is 10.1. The van der Waals surface area contributed by atoms with Crippen LogP contribution in [0.4, 0.5) is 4.79 Å². The number of carboxylic acids is 1. The van der Waals surface area contributed by atoms with Gasteiger partial charge in [-0.2, -0.15) is 0 Å². The van der Waals surface area contributed by atoms with Crippen LogP contribution in [-0.4, -0.2) is 41.8 Å². The van der Waals surface area contributed by atoms with E-state index in [-0.39, 0.29) is 36.4 Å². The summed E-state index contributed by atoms with van der Waals surface area (Å²) in [6.45, 7) is 0.282. The molecule has 0 saturated heterocycles. The Bertz CT molecular complexity index is 1070. The van der Waals surface area contributed by atoms with Crippen molar-refractivity contribution in [1.29, 1.82) is 0 Å². The van der Waals surface area contributed by atoms with Gasteiger partial charge in [0.25, 0.3) is 0 Å². The van der Waals surface area contributed by atoms with Gasteiger partial charge < -0.3 is 20.5 Å². The van der Waals surface area contributed by atoms with Crippen LogP contribution in [-0.2, 0) is 14.3 Å². The van der Waals surface area contributed by atoms with Gasteiger partial charge in [-0.15, -0.1) is 0 Å². The van der Waals surface area contributed by atoms with E-state index in [4.69, 9.17) is 4.74 Å². The second kappa shape index (κ2) is 10.1. The third kappa shape index (κ3) is 5.04. The van der Waals surface area contributed by atoms with Crippen molar-refractivity contribution >= 4 is 18.0 Å². The monoisotopic (exact) mass is 476 g/mol. The number of ether oxygens (including phenoxy) is 1. The van der Waals surface area contributed by atoms with Crippen LogP contribution in [0, 0.1) is 11.8 Å². The first kappa shape index (κ1) is 23.4. The van der Waals surface area contributed by atoms with Gasteiger partial charge in [0.2, 0.25) is 5.91 Å². The number of carbonyl (C=O) groups is 3. The van der Waals surface area contributed by atoms with Crippen molar-refractivity contribution in [1.82, 2.24) is 10.6 Å². The van der Waals surface area contributed by atoms with E-state index in [9.17, 15) is 19.5 Å². The fraction of sp³-hybridized carbons (Fsp3) is 0.464. The van der Waals surface area contributed by atoms with Crippen LogP contribution < -0.4 is 10.6 Å². The van der Waals surface area contributed by atoms with Crippen molar-refractivity contribution in [2.45, 2.75) is 62.9 Å². The second-order valence-electron chi connectivity index (χ2n) is 10.1. The summed E-state index contributed by atoms with van der Waals surface area (Å²) in [6, 6.07) is 16.2. The molecule has 0 aliphatic heterocycles. The third-order valence-electron chi connectivity index (χ3n) is 7.86. The lowest BCUT2D eigenvalue weighted by atomic mass is 9.98. The molecule has 0 aromatic heterocycles. The first-order valence-corrected chi connectivity index (χ1v) is 12.6. The smallest absolute Gasteiger partial charge is 0.407 e. The normalized spacial score (nSPS) is 25.0. The predicted molar refractivity (Wildman–Crippen MR) is 131 cm³/mol. The highest BCUT2D eigenvalue weighted by molar-refractivity contribution is 5.79. The summed E-state index contributed by atoms with van der Waals surface area (Å²) in [5.41, 5.74) is 4.75. The summed E-state index contributed by atoms with van der Waals surface area (Å²) in [5.74, 6) is -1.20. The Morgan fingerprint density at radius 1 is 0.886 bits per heavy atom. The van der Waals surface area contributed by atoms with Crippen molar-refractivity contribution in [2.24, 2.45) is 11.8 Å². The predicted octanol–water partition coefficient (Wildman–Crippen LogP) is 4.45. The molecule has 3 N–H and O–H groups in total. The first-order valence-electron chi connectivity index (χ1n) is 12.6. The van der Waals surface area contributed by atoms with Gasteiger partial charge in [0.1, 0.15) is 6.61 Å². The van der Waals surface area contributed by atoms with Gasteiger partial charge in [-0.3, -0.25) is 9.59 Å². The van der Waals surface area contributed by atoms with Gasteiger partial charge in [-0.1, -0.05) is 55.0 Å². The number of hydrogen-bond acceptors (Lipinski definition) is 4. The zero-order valence-electron chi connectivity index (χ0n) is 19.7. The molecule has 2 fully saturated rings. The number of carbonyl (C=O) groups excluding carboxylic acids is 2. The fourth-order valence-corrected chi connectivity index (χ4v) is 6.15. The Hall–Kier alpha value is -3.35. The quantitative estimate of drug-likeness (QED) is 0.548. The number of fused-ring (bicyclic) bond motifs is 3. The van der Waals surface area contributed by atoms with E-state index in [1.54, 1.807) is 0 Å². The number of aliphatic carboxylic acids is 1. The Balaban J connectivity index is 1.09. The lowest BCUT2D eigenvalue weighted by Crippen LogP contribution is -2.40. The van der Waals surface area contributed by atoms with Crippen LogP contribution in [0.1, 0.15) is 62.0 Å². The molecule has 4 atom stereocenters. The maximum Gasteiger partial charge on any atom is 0.407 e. The molecule has 35 heavy (non-hydrogen) atoms. The Labute approximate surface area is 205 Å². The molecule has 0 radical (unpaired) electrons. The molecule has 3 aliphatic carbocycles. The van der Waals surface area contributed by atoms with Gasteiger partial charge in [-0.05, 0) is 60.3 Å². The number of hydrogen-bond donors (Lipinski definition) is 3. The number of nitrogens with one attached hydrogen (secondary N) is 2. The average Bonchev–Trinajstić information content (AvgIpc) is 3.56. The summed E-state index contributed by atoms with van der Waals surface area (Å²) in [7, 11) is 0. The van der Waals surface area contributed by atoms with Crippen LogP contribution >= 0.6 is 0 Å². The highest BCUT2D eigenvalue weighted by atomic mass is 16.5. The summed E-state index contributed by atoms with van der Waals surface area (Å²) >= 11 is 0. The molecule has 2 aromatic rings. The average molecular weight is 477 g/mol. The minimum atomic E-state index is -0.832. The Morgan fingerprint density at radius 2 is 1.57 bits per heavy atom. The summed E-state index contributed by atoms with van der Waals surface area (Å²) < 4.78 is 5.66. The molecule has 5 rings (SSSR count). The lowest BCUT2D eigenvalue weighted by Gasteiger charge is -2.19. The maximum absolute atomic E-state index is 12.6. The van der Waals surface area contributed by atoms with E-state index in [0.29, 0.717) is 12.8 Å². The van der Waals surface area contributed by atoms with Crippen molar-refractivity contribution in [3.63, 3.8) is 0 Å². The van der Waals surface area contributed by atoms with E-state index in [1.807, 2.05) is 24.3 Å². The molecule has 2 unspecified atom stereocenters. The fourth-order valence-electron chi connectivity index (χ4n) is 6.15. The topological polar surface area (TPSA) is 105 Å². The molecule has 7 heteroatoms. The molecular formula is C28H32N2O5. The zero-order valence-corrected chi connectivity index (χ0v) is 19.7. The largest absolute Gasteiger partial charge is 0.481 e. The third-order valence-corrected chi connectivity index (χ3v) is 7.86. The highest BCUT2D eigenvalue weighted by Gasteiger charge is 2.35. The van der Waals surface area contributed by atoms with E-state index in [0.717, 1.165) is 32.1 Å². The summed E-state index contributed by atoms with van der Waals surface area (Å²) in [5, 5.41) is 15.2. The molecule has 0 bridgehead atoms. The van der Waals surface area contributed by atoms with Crippen LogP contribution in [0.15, 0.2) is 48.5 Å². The standard InChI is InChI=1S/C28H32N2O5/c31-26(30-25-11-5-10-23(25)27(32)33)15-17-12-13-18(14-17)29-28(34)35-16-24-21-8-3-1-6-19(21)20-7-2-4-9-22(20)24/h1-4,6-9,17-18,23-25H,5,10-16H2,(H,29,34)(H,30,31)(H,32,33)/t17?,18?,23-,25+/m0/s1. The SMILES string of the molecule is O=C(CC1CCC(NC(=O)OCC2c3ccccc3-c3ccccc32)C1)N[C@@H]1CCC[C@@H]1C(=O)O. The number of benzene rings is 2. The van der Waals surface area contributed by atoms with Crippen LogP contribution in [0.2, 0.25) is 0 Å². The van der Waals surface area contributed by atoms with Crippen LogP contribution in [0.3, 0.4) is 0 Å². The summed E-state index contributed by atoms with van der Waals surface area (Å²) in [6.07, 6.45) is 4.51. The molecule has 0 heterocycles. The highest BCUT2D eigenvalue weighted by Crippen LogP contribution is 2.44. The van der Waals surface area contributed by atoms with Crippen molar-refractivity contribution in [3.05, 3.63) is 59.7 Å². The zero-order chi connectivity index (χ0) is 24.4. The molecule has 2 saturated carbocycles. The molecule has 2 aromatic carbocycles. The van der Waals surface area contributed by atoms with Crippen molar-refractivity contribution < 1.29 is 24.2 Å². The Morgan fingerprint density at radius 3 is 2.26 bits per heavy atom. The Kier molecular flexibility index (Phi) is 6.75. The van der Waals surface area contributed by atoms with Gasteiger partial charge in [0.05, 0.1) is 5.92 Å². The van der Waals surface area contributed by atoms with E-state index in [1.165, 1.54) is 22.3 Å². The lowest BCUT2D eigenvalue weighted by molar-refractivity contribution is -0.142. The van der Waals surface area contributed by atoms with Crippen LogP contribution in [0.25, 0.3) is 11.1 Å². The molecule has 3 aliphatic rings. The number of rotatable bonds is 7. The number of amides is 2. The van der Waals surface area contributed by atoms with E-state index < -0.39 is 18.0 Å². The molecular weight excluding hydrogens is 444 g/mol. The van der Waals surface area contributed by atoms with Crippen molar-refractivity contribution in [3.8, 4) is 11.1 Å². The maximum atomic E-state index is 12.6. The van der Waals surface area contributed by atoms with E-state index in [2.05, 4.69) is 34.9 Å². The number of carboxylic acid groups (broad SMARTS) is 1. The molecule has 0 spiro atoms. The summed E-state index contributed by atoms with van der Waals surface area (Å²) in [4.78, 5) is 36.4. The van der Waals surface area contributed by atoms with Gasteiger partial charge >= 0.3 is 12.1 Å². The molecule has 184 valence electrons. The minimum Gasteiger partial charge on any atom is -0.481 e. The van der Waals surface area contributed by atoms with Gasteiger partial charge in [0.15, 0.2) is 0 Å². The first-order chi connectivity index (χ1) is 17.0. The van der Waals surface area contributed by atoms with Gasteiger partial charge in [-0.25, -0.2) is 4.79 Å². The van der Waals surface area contributed by atoms with Gasteiger partial charge in [0, 0.05) is 24.4 Å². The van der Waals surface area contributed by atoms with Crippen molar-refractivity contribution in [2.75, 3.05) is 6.61 Å². The minimum absolute atomic E-state index is 0.0123. The molecule has 7 nitrogen and oxygen atoms in total. The number of alkyl carbamates (subject to hydrolysis) is 1. The van der Waals surface area contributed by atoms with E-state index >= 15 is 0 Å². The molecule has 2 amide bonds.